The number of carbonyl (C=O) groups is 1. The van der Waals surface area contributed by atoms with Crippen molar-refractivity contribution in [2.45, 2.75) is 6.18 Å². The lowest BCUT2D eigenvalue weighted by Gasteiger charge is -2.11. The van der Waals surface area contributed by atoms with Crippen molar-refractivity contribution < 1.29 is 22.4 Å². The van der Waals surface area contributed by atoms with Crippen molar-refractivity contribution in [1.82, 2.24) is 10.9 Å². The summed E-state index contributed by atoms with van der Waals surface area (Å²) in [6.45, 7) is 0. The van der Waals surface area contributed by atoms with Crippen LogP contribution in [0.2, 0.25) is 0 Å². The Hall–Kier alpha value is -1.90. The molecule has 0 aliphatic heterocycles. The highest BCUT2D eigenvalue weighted by molar-refractivity contribution is 7.80. The Bertz CT molecular complexity index is 489. The minimum atomic E-state index is -4.88. The maximum Gasteiger partial charge on any atom is 0.419 e. The molecule has 0 saturated carbocycles. The molecule has 1 amide bonds. The molecule has 0 aromatic heterocycles. The average molecular weight is 281 g/mol. The molecule has 0 unspecified atom stereocenters. The van der Waals surface area contributed by atoms with E-state index in [-0.39, 0.29) is 5.11 Å². The van der Waals surface area contributed by atoms with Crippen LogP contribution in [0, 0.1) is 5.82 Å². The second-order valence-corrected chi connectivity index (χ2v) is 3.55. The third kappa shape index (κ3) is 3.29. The molecule has 1 aromatic carbocycles. The van der Waals surface area contributed by atoms with Crippen molar-refractivity contribution in [3.63, 3.8) is 0 Å². The van der Waals surface area contributed by atoms with Gasteiger partial charge in [0.05, 0.1) is 11.1 Å². The zero-order valence-electron chi connectivity index (χ0n) is 8.64. The SMILES string of the molecule is NC(=S)NNC(=O)c1cccc(C(F)(F)F)c1F. The molecular weight excluding hydrogens is 274 g/mol. The van der Waals surface area contributed by atoms with Gasteiger partial charge in [-0.1, -0.05) is 6.07 Å². The summed E-state index contributed by atoms with van der Waals surface area (Å²) in [5, 5.41) is -0.310. The summed E-state index contributed by atoms with van der Waals surface area (Å²) in [4.78, 5) is 11.4. The Balaban J connectivity index is 3.04. The van der Waals surface area contributed by atoms with Crippen LogP contribution in [0.1, 0.15) is 15.9 Å². The van der Waals surface area contributed by atoms with Crippen LogP contribution in [-0.2, 0) is 6.18 Å². The standard InChI is InChI=1S/C9H7F4N3OS/c10-6-4(7(17)15-16-8(14)18)2-1-3-5(6)9(11,12)13/h1-3H,(H,15,17)(H3,14,16,18). The van der Waals surface area contributed by atoms with Crippen LogP contribution >= 0.6 is 12.2 Å². The molecule has 4 N–H and O–H groups in total. The summed E-state index contributed by atoms with van der Waals surface area (Å²) < 4.78 is 50.6. The molecule has 0 aliphatic carbocycles. The van der Waals surface area contributed by atoms with Gasteiger partial charge in [-0.25, -0.2) is 4.39 Å². The second kappa shape index (κ2) is 5.17. The van der Waals surface area contributed by atoms with Gasteiger partial charge < -0.3 is 5.73 Å². The summed E-state index contributed by atoms with van der Waals surface area (Å²) in [6.07, 6.45) is -4.88. The molecule has 0 aliphatic rings. The number of amides is 1. The van der Waals surface area contributed by atoms with Crippen molar-refractivity contribution in [2.24, 2.45) is 5.73 Å². The molecule has 98 valence electrons. The van der Waals surface area contributed by atoms with Gasteiger partial charge in [-0.2, -0.15) is 13.2 Å². The maximum absolute atomic E-state index is 13.5. The van der Waals surface area contributed by atoms with Crippen LogP contribution in [0.3, 0.4) is 0 Å². The fraction of sp³-hybridized carbons (Fsp3) is 0.111. The van der Waals surface area contributed by atoms with Crippen LogP contribution in [0.4, 0.5) is 17.6 Å². The number of hydrogen-bond donors (Lipinski definition) is 3. The topological polar surface area (TPSA) is 67.2 Å². The first-order chi connectivity index (χ1) is 8.23. The van der Waals surface area contributed by atoms with E-state index >= 15 is 0 Å². The third-order valence-electron chi connectivity index (χ3n) is 1.85. The van der Waals surface area contributed by atoms with E-state index in [1.54, 1.807) is 0 Å². The molecule has 9 heteroatoms. The predicted octanol–water partition coefficient (Wildman–Crippen LogP) is 1.32. The van der Waals surface area contributed by atoms with Crippen molar-refractivity contribution in [1.29, 1.82) is 0 Å². The Labute approximate surface area is 104 Å². The summed E-state index contributed by atoms with van der Waals surface area (Å²) in [6, 6.07) is 2.36. The van der Waals surface area contributed by atoms with Gasteiger partial charge in [0.2, 0.25) is 0 Å². The molecule has 18 heavy (non-hydrogen) atoms. The summed E-state index contributed by atoms with van der Waals surface area (Å²) in [5.74, 6) is -2.78. The number of carbonyl (C=O) groups excluding carboxylic acids is 1. The van der Waals surface area contributed by atoms with Crippen LogP contribution in [0.15, 0.2) is 18.2 Å². The van der Waals surface area contributed by atoms with Crippen LogP contribution in [0.5, 0.6) is 0 Å². The first-order valence-corrected chi connectivity index (χ1v) is 4.86. The molecule has 0 spiro atoms. The average Bonchev–Trinajstić information content (AvgIpc) is 2.24. The van der Waals surface area contributed by atoms with Crippen molar-refractivity contribution in [3.05, 3.63) is 35.1 Å². The molecule has 0 bridgehead atoms. The van der Waals surface area contributed by atoms with Crippen molar-refractivity contribution in [2.75, 3.05) is 0 Å². The predicted molar refractivity (Wildman–Crippen MR) is 58.8 cm³/mol. The van der Waals surface area contributed by atoms with E-state index < -0.39 is 29.0 Å². The highest BCUT2D eigenvalue weighted by Crippen LogP contribution is 2.32. The van der Waals surface area contributed by atoms with E-state index in [2.05, 4.69) is 12.2 Å². The first-order valence-electron chi connectivity index (χ1n) is 4.45. The maximum atomic E-state index is 13.5. The van der Waals surface area contributed by atoms with E-state index in [0.717, 1.165) is 12.1 Å². The molecule has 0 atom stereocenters. The molecule has 0 saturated heterocycles. The van der Waals surface area contributed by atoms with E-state index in [4.69, 9.17) is 5.73 Å². The van der Waals surface area contributed by atoms with Gasteiger partial charge in [-0.05, 0) is 24.4 Å². The normalized spacial score (nSPS) is 10.9. The number of alkyl halides is 3. The number of thiocarbonyl (C=S) groups is 1. The Morgan fingerprint density at radius 1 is 1.28 bits per heavy atom. The number of hydrogen-bond acceptors (Lipinski definition) is 2. The zero-order chi connectivity index (χ0) is 13.9. The summed E-state index contributed by atoms with van der Waals surface area (Å²) in [5.41, 5.74) is 6.54. The number of benzene rings is 1. The van der Waals surface area contributed by atoms with Crippen LogP contribution in [-0.4, -0.2) is 11.0 Å². The van der Waals surface area contributed by atoms with Crippen molar-refractivity contribution >= 4 is 23.2 Å². The highest BCUT2D eigenvalue weighted by atomic mass is 32.1. The van der Waals surface area contributed by atoms with E-state index in [1.165, 1.54) is 0 Å². The summed E-state index contributed by atoms with van der Waals surface area (Å²) >= 11 is 4.36. The molecule has 0 heterocycles. The third-order valence-corrected chi connectivity index (χ3v) is 1.95. The van der Waals surface area contributed by atoms with Gasteiger partial charge in [-0.15, -0.1) is 0 Å². The Morgan fingerprint density at radius 2 is 1.89 bits per heavy atom. The molecule has 1 rings (SSSR count). The first kappa shape index (κ1) is 14.2. The number of rotatable bonds is 1. The quantitative estimate of drug-likeness (QED) is 0.412. The highest BCUT2D eigenvalue weighted by Gasteiger charge is 2.35. The fourth-order valence-corrected chi connectivity index (χ4v) is 1.16. The zero-order valence-corrected chi connectivity index (χ0v) is 9.45. The summed E-state index contributed by atoms with van der Waals surface area (Å²) in [7, 11) is 0. The molecular formula is C9H7F4N3OS. The van der Waals surface area contributed by atoms with Gasteiger partial charge in [0.25, 0.3) is 5.91 Å². The van der Waals surface area contributed by atoms with Gasteiger partial charge in [0.15, 0.2) is 5.11 Å². The lowest BCUT2D eigenvalue weighted by molar-refractivity contribution is -0.140. The van der Waals surface area contributed by atoms with Crippen molar-refractivity contribution in [3.8, 4) is 0 Å². The van der Waals surface area contributed by atoms with E-state index in [9.17, 15) is 22.4 Å². The molecule has 4 nitrogen and oxygen atoms in total. The van der Waals surface area contributed by atoms with E-state index in [0.29, 0.717) is 6.07 Å². The molecule has 1 aromatic rings. The van der Waals surface area contributed by atoms with Crippen LogP contribution in [0.25, 0.3) is 0 Å². The lowest BCUT2D eigenvalue weighted by atomic mass is 10.1. The number of hydrazine groups is 1. The van der Waals surface area contributed by atoms with Gasteiger partial charge in [-0.3, -0.25) is 15.6 Å². The van der Waals surface area contributed by atoms with Gasteiger partial charge >= 0.3 is 6.18 Å². The van der Waals surface area contributed by atoms with Crippen LogP contribution < -0.4 is 16.6 Å². The number of nitrogens with one attached hydrogen (secondary N) is 2. The second-order valence-electron chi connectivity index (χ2n) is 3.11. The number of nitrogens with two attached hydrogens (primary N) is 1. The van der Waals surface area contributed by atoms with Gasteiger partial charge in [0, 0.05) is 0 Å². The minimum Gasteiger partial charge on any atom is -0.375 e. The Kier molecular flexibility index (Phi) is 4.07. The number of halogens is 4. The smallest absolute Gasteiger partial charge is 0.375 e. The molecule has 0 radical (unpaired) electrons. The fourth-order valence-electron chi connectivity index (χ4n) is 1.11. The minimum absolute atomic E-state index is 0.310. The van der Waals surface area contributed by atoms with E-state index in [1.807, 2.05) is 10.9 Å². The monoisotopic (exact) mass is 281 g/mol. The van der Waals surface area contributed by atoms with Gasteiger partial charge in [0.1, 0.15) is 5.82 Å². The lowest BCUT2D eigenvalue weighted by Crippen LogP contribution is -2.44. The Morgan fingerprint density at radius 3 is 2.39 bits per heavy atom. The largest absolute Gasteiger partial charge is 0.419 e. The molecule has 0 fully saturated rings.